The zero-order chi connectivity index (χ0) is 17.1. The summed E-state index contributed by atoms with van der Waals surface area (Å²) in [7, 11) is 6.10. The minimum absolute atomic E-state index is 0. The summed E-state index contributed by atoms with van der Waals surface area (Å²) in [5, 5.41) is 11.0. The normalized spacial score (nSPS) is 12.8. The Balaban J connectivity index is 0.00000529. The van der Waals surface area contributed by atoms with Gasteiger partial charge in [0.2, 0.25) is 0 Å². The van der Waals surface area contributed by atoms with Crippen molar-refractivity contribution in [3.8, 4) is 0 Å². The highest BCUT2D eigenvalue weighted by Crippen LogP contribution is 2.17. The lowest BCUT2D eigenvalue weighted by atomic mass is 10.1. The zero-order valence-electron chi connectivity index (χ0n) is 15.6. The first kappa shape index (κ1) is 23.5. The molecule has 1 aromatic heterocycles. The van der Waals surface area contributed by atoms with Gasteiger partial charge in [0.25, 0.3) is 0 Å². The molecule has 0 amide bonds. The molecule has 0 radical (unpaired) electrons. The van der Waals surface area contributed by atoms with E-state index in [0.717, 1.165) is 19.0 Å². The number of aryl methyl sites for hydroxylation is 1. The lowest BCUT2D eigenvalue weighted by molar-refractivity contribution is 0.306. The third-order valence-corrected chi connectivity index (χ3v) is 4.26. The van der Waals surface area contributed by atoms with Crippen molar-refractivity contribution < 1.29 is 0 Å². The van der Waals surface area contributed by atoms with Crippen LogP contribution in [0.25, 0.3) is 0 Å². The number of nitrogens with one attached hydrogen (secondary N) is 2. The molecule has 24 heavy (non-hydrogen) atoms. The predicted octanol–water partition coefficient (Wildman–Crippen LogP) is 2.34. The number of unbranched alkanes of at least 4 members (excludes halogenated alkanes) is 1. The molecule has 6 nitrogen and oxygen atoms in total. The molecule has 140 valence electrons. The second-order valence-electron chi connectivity index (χ2n) is 5.77. The molecular weight excluding hydrogens is 435 g/mol. The number of hydrogen-bond acceptors (Lipinski definition) is 4. The third kappa shape index (κ3) is 9.12. The second kappa shape index (κ2) is 13.8. The lowest BCUT2D eigenvalue weighted by Crippen LogP contribution is -2.38. The smallest absolute Gasteiger partial charge is 0.191 e. The maximum atomic E-state index is 4.75. The Bertz CT molecular complexity index is 463. The van der Waals surface area contributed by atoms with Gasteiger partial charge in [0.15, 0.2) is 5.96 Å². The summed E-state index contributed by atoms with van der Waals surface area (Å²) < 4.78 is 1.84. The van der Waals surface area contributed by atoms with E-state index in [2.05, 4.69) is 54.1 Å². The van der Waals surface area contributed by atoms with Gasteiger partial charge in [0.05, 0.1) is 18.8 Å². The van der Waals surface area contributed by atoms with Gasteiger partial charge in [-0.05, 0) is 45.9 Å². The molecule has 0 aliphatic heterocycles. The molecule has 0 spiro atoms. The van der Waals surface area contributed by atoms with Crippen molar-refractivity contribution in [2.45, 2.75) is 25.8 Å². The van der Waals surface area contributed by atoms with Crippen molar-refractivity contribution in [3.05, 3.63) is 18.0 Å². The van der Waals surface area contributed by atoms with E-state index in [1.54, 1.807) is 0 Å². The number of aromatic nitrogens is 2. The van der Waals surface area contributed by atoms with Crippen LogP contribution in [-0.2, 0) is 7.05 Å². The van der Waals surface area contributed by atoms with E-state index in [-0.39, 0.29) is 30.0 Å². The average molecular weight is 468 g/mol. The van der Waals surface area contributed by atoms with Crippen LogP contribution in [0.15, 0.2) is 17.4 Å². The van der Waals surface area contributed by atoms with Crippen LogP contribution in [0.1, 0.15) is 31.4 Å². The standard InChI is InChI=1S/C16H32N6S.HI/c1-6-17-16(18-9-7-8-10-23-5)19-12-15(21(2)3)14-11-20-22(4)13-14;/h11,13,15H,6-10,12H2,1-5H3,(H2,17,18,19);1H. The number of rotatable bonds is 10. The van der Waals surface area contributed by atoms with E-state index in [0.29, 0.717) is 6.54 Å². The fourth-order valence-corrected chi connectivity index (χ4v) is 2.77. The average Bonchev–Trinajstić information content (AvgIpc) is 2.93. The first-order valence-electron chi connectivity index (χ1n) is 8.24. The molecule has 1 atom stereocenters. The topological polar surface area (TPSA) is 57.5 Å². The molecule has 1 aromatic rings. The molecule has 0 saturated heterocycles. The number of halogens is 1. The highest BCUT2D eigenvalue weighted by Gasteiger charge is 2.15. The molecule has 0 bridgehead atoms. The van der Waals surface area contributed by atoms with E-state index in [1.165, 1.54) is 24.2 Å². The Labute approximate surface area is 168 Å². The fraction of sp³-hybridized carbons (Fsp3) is 0.750. The van der Waals surface area contributed by atoms with Gasteiger partial charge in [0, 0.05) is 31.9 Å². The molecule has 2 N–H and O–H groups in total. The summed E-state index contributed by atoms with van der Waals surface area (Å²) in [5.74, 6) is 2.12. The van der Waals surface area contributed by atoms with Crippen LogP contribution in [0.4, 0.5) is 0 Å². The van der Waals surface area contributed by atoms with Crippen molar-refractivity contribution >= 4 is 41.7 Å². The first-order chi connectivity index (χ1) is 11.1. The van der Waals surface area contributed by atoms with Crippen LogP contribution >= 0.6 is 35.7 Å². The predicted molar refractivity (Wildman–Crippen MR) is 117 cm³/mol. The van der Waals surface area contributed by atoms with Crippen molar-refractivity contribution in [1.82, 2.24) is 25.3 Å². The number of aliphatic imine (C=N–C) groups is 1. The molecule has 8 heteroatoms. The number of likely N-dealkylation sites (N-methyl/N-ethyl adjacent to an activating group) is 1. The van der Waals surface area contributed by atoms with Gasteiger partial charge in [-0.25, -0.2) is 0 Å². The summed E-state index contributed by atoms with van der Waals surface area (Å²) in [6.07, 6.45) is 8.54. The van der Waals surface area contributed by atoms with Gasteiger partial charge in [-0.3, -0.25) is 9.67 Å². The summed E-state index contributed by atoms with van der Waals surface area (Å²) in [6.45, 7) is 4.64. The van der Waals surface area contributed by atoms with Gasteiger partial charge in [0.1, 0.15) is 0 Å². The van der Waals surface area contributed by atoms with E-state index in [1.807, 2.05) is 29.7 Å². The van der Waals surface area contributed by atoms with Gasteiger partial charge >= 0.3 is 0 Å². The molecule has 0 aromatic carbocycles. The largest absolute Gasteiger partial charge is 0.357 e. The zero-order valence-corrected chi connectivity index (χ0v) is 18.7. The quantitative estimate of drug-likeness (QED) is 0.239. The Morgan fingerprint density at radius 1 is 1.38 bits per heavy atom. The SMILES string of the molecule is CCNC(=NCC(c1cnn(C)c1)N(C)C)NCCCCSC.I. The molecule has 1 heterocycles. The maximum Gasteiger partial charge on any atom is 0.191 e. The minimum atomic E-state index is 0. The Hall–Kier alpha value is -0.480. The summed E-state index contributed by atoms with van der Waals surface area (Å²) >= 11 is 1.90. The Morgan fingerprint density at radius 2 is 2.12 bits per heavy atom. The van der Waals surface area contributed by atoms with Crippen molar-refractivity contribution in [2.75, 3.05) is 45.7 Å². The van der Waals surface area contributed by atoms with Crippen molar-refractivity contribution in [3.63, 3.8) is 0 Å². The van der Waals surface area contributed by atoms with E-state index in [4.69, 9.17) is 4.99 Å². The maximum absolute atomic E-state index is 4.75. The van der Waals surface area contributed by atoms with Crippen molar-refractivity contribution in [2.24, 2.45) is 12.0 Å². The number of hydrogen-bond donors (Lipinski definition) is 2. The fourth-order valence-electron chi connectivity index (χ4n) is 2.28. The number of guanidine groups is 1. The van der Waals surface area contributed by atoms with Crippen LogP contribution < -0.4 is 10.6 Å². The second-order valence-corrected chi connectivity index (χ2v) is 6.76. The van der Waals surface area contributed by atoms with Crippen LogP contribution in [0.2, 0.25) is 0 Å². The minimum Gasteiger partial charge on any atom is -0.357 e. The van der Waals surface area contributed by atoms with Crippen LogP contribution in [0.5, 0.6) is 0 Å². The third-order valence-electron chi connectivity index (χ3n) is 3.57. The summed E-state index contributed by atoms with van der Waals surface area (Å²) in [5.41, 5.74) is 1.19. The number of nitrogens with zero attached hydrogens (tertiary/aromatic N) is 4. The highest BCUT2D eigenvalue weighted by molar-refractivity contribution is 14.0. The van der Waals surface area contributed by atoms with Crippen LogP contribution in [-0.4, -0.2) is 66.4 Å². The number of thioether (sulfide) groups is 1. The Morgan fingerprint density at radius 3 is 2.67 bits per heavy atom. The van der Waals surface area contributed by atoms with E-state index in [9.17, 15) is 0 Å². The van der Waals surface area contributed by atoms with Gasteiger partial charge in [-0.1, -0.05) is 0 Å². The van der Waals surface area contributed by atoms with Crippen LogP contribution in [0.3, 0.4) is 0 Å². The summed E-state index contributed by atoms with van der Waals surface area (Å²) in [6, 6.07) is 0.232. The van der Waals surface area contributed by atoms with Gasteiger partial charge in [-0.15, -0.1) is 24.0 Å². The van der Waals surface area contributed by atoms with Gasteiger partial charge < -0.3 is 15.5 Å². The Kier molecular flexibility index (Phi) is 13.5. The molecule has 1 unspecified atom stereocenters. The molecule has 0 fully saturated rings. The molecule has 1 rings (SSSR count). The van der Waals surface area contributed by atoms with E-state index < -0.39 is 0 Å². The lowest BCUT2D eigenvalue weighted by Gasteiger charge is -2.22. The molecule has 0 aliphatic carbocycles. The first-order valence-corrected chi connectivity index (χ1v) is 9.64. The summed E-state index contributed by atoms with van der Waals surface area (Å²) in [4.78, 5) is 6.93. The van der Waals surface area contributed by atoms with Crippen LogP contribution in [0, 0.1) is 0 Å². The highest BCUT2D eigenvalue weighted by atomic mass is 127. The molecule has 0 saturated carbocycles. The van der Waals surface area contributed by atoms with Crippen molar-refractivity contribution in [1.29, 1.82) is 0 Å². The monoisotopic (exact) mass is 468 g/mol. The molecule has 0 aliphatic rings. The molecular formula is C16H33IN6S. The van der Waals surface area contributed by atoms with E-state index >= 15 is 0 Å². The van der Waals surface area contributed by atoms with Gasteiger partial charge in [-0.2, -0.15) is 16.9 Å².